The van der Waals surface area contributed by atoms with Crippen LogP contribution in [0.2, 0.25) is 0 Å². The monoisotopic (exact) mass is 298 g/mol. The Morgan fingerprint density at radius 3 is 2.88 bits per heavy atom. The van der Waals surface area contributed by atoms with Crippen LogP contribution in [0.5, 0.6) is 5.75 Å². The second-order valence-corrected chi connectivity index (χ2v) is 4.85. The Labute approximate surface area is 109 Å². The Morgan fingerprint density at radius 1 is 1.53 bits per heavy atom. The summed E-state index contributed by atoms with van der Waals surface area (Å²) in [7, 11) is 3.42. The number of nitrogens with one attached hydrogen (secondary N) is 1. The first kappa shape index (κ1) is 12.4. The van der Waals surface area contributed by atoms with Crippen LogP contribution in [-0.2, 0) is 4.79 Å². The van der Waals surface area contributed by atoms with Crippen LogP contribution in [0.4, 0.5) is 5.69 Å². The molecule has 1 aliphatic rings. The summed E-state index contributed by atoms with van der Waals surface area (Å²) >= 11 is 3.42. The molecule has 1 aromatic carbocycles. The molecule has 1 saturated heterocycles. The molecule has 4 nitrogen and oxygen atoms in total. The fourth-order valence-electron chi connectivity index (χ4n) is 2.06. The number of rotatable bonds is 3. The predicted molar refractivity (Wildman–Crippen MR) is 70.5 cm³/mol. The van der Waals surface area contributed by atoms with E-state index in [9.17, 15) is 4.79 Å². The Kier molecular flexibility index (Phi) is 3.69. The summed E-state index contributed by atoms with van der Waals surface area (Å²) in [4.78, 5) is 13.9. The first-order valence-corrected chi connectivity index (χ1v) is 6.29. The van der Waals surface area contributed by atoms with Gasteiger partial charge in [-0.05, 0) is 31.7 Å². The summed E-state index contributed by atoms with van der Waals surface area (Å²) in [6.45, 7) is 0.719. The van der Waals surface area contributed by atoms with Crippen molar-refractivity contribution >= 4 is 27.5 Å². The van der Waals surface area contributed by atoms with Crippen molar-refractivity contribution in [3.63, 3.8) is 0 Å². The molecule has 1 atom stereocenters. The van der Waals surface area contributed by atoms with Crippen LogP contribution in [0.25, 0.3) is 0 Å². The van der Waals surface area contributed by atoms with Gasteiger partial charge in [0.25, 0.3) is 0 Å². The first-order chi connectivity index (χ1) is 8.17. The molecule has 0 bridgehead atoms. The summed E-state index contributed by atoms with van der Waals surface area (Å²) in [5, 5.41) is 3.02. The van der Waals surface area contributed by atoms with Gasteiger partial charge in [-0.3, -0.25) is 4.79 Å². The van der Waals surface area contributed by atoms with Gasteiger partial charge in [-0.2, -0.15) is 0 Å². The molecule has 1 N–H and O–H groups in total. The van der Waals surface area contributed by atoms with Gasteiger partial charge in [0.05, 0.1) is 18.8 Å². The van der Waals surface area contributed by atoms with E-state index in [2.05, 4.69) is 21.2 Å². The molecule has 0 aliphatic carbocycles. The van der Waals surface area contributed by atoms with Gasteiger partial charge in [0.2, 0.25) is 5.91 Å². The van der Waals surface area contributed by atoms with E-state index in [4.69, 9.17) is 4.74 Å². The SMILES string of the molecule is CNC1CCN(c2cc(Br)ccc2OC)C1=O. The van der Waals surface area contributed by atoms with E-state index in [-0.39, 0.29) is 11.9 Å². The van der Waals surface area contributed by atoms with Crippen LogP contribution in [0.15, 0.2) is 22.7 Å². The van der Waals surface area contributed by atoms with Gasteiger partial charge in [0.15, 0.2) is 0 Å². The fourth-order valence-corrected chi connectivity index (χ4v) is 2.41. The average molecular weight is 299 g/mol. The summed E-state index contributed by atoms with van der Waals surface area (Å²) in [5.74, 6) is 0.821. The molecule has 17 heavy (non-hydrogen) atoms. The van der Waals surface area contributed by atoms with Crippen molar-refractivity contribution in [3.05, 3.63) is 22.7 Å². The summed E-state index contributed by atoms with van der Waals surface area (Å²) in [6, 6.07) is 5.59. The zero-order chi connectivity index (χ0) is 12.4. The number of carbonyl (C=O) groups is 1. The molecular weight excluding hydrogens is 284 g/mol. The molecule has 0 aromatic heterocycles. The number of carbonyl (C=O) groups excluding carboxylic acids is 1. The predicted octanol–water partition coefficient (Wildman–Crippen LogP) is 1.78. The molecule has 1 aliphatic heterocycles. The largest absolute Gasteiger partial charge is 0.495 e. The smallest absolute Gasteiger partial charge is 0.244 e. The fraction of sp³-hybridized carbons (Fsp3) is 0.417. The third-order valence-corrected chi connectivity index (χ3v) is 3.48. The minimum atomic E-state index is -0.0845. The van der Waals surface area contributed by atoms with Gasteiger partial charge in [-0.15, -0.1) is 0 Å². The number of hydrogen-bond donors (Lipinski definition) is 1. The van der Waals surface area contributed by atoms with Crippen LogP contribution in [0.1, 0.15) is 6.42 Å². The quantitative estimate of drug-likeness (QED) is 0.925. The van der Waals surface area contributed by atoms with E-state index >= 15 is 0 Å². The number of likely N-dealkylation sites (N-methyl/N-ethyl adjacent to an activating group) is 1. The number of nitrogens with zero attached hydrogens (tertiary/aromatic N) is 1. The maximum absolute atomic E-state index is 12.1. The summed E-state index contributed by atoms with van der Waals surface area (Å²) < 4.78 is 6.23. The minimum absolute atomic E-state index is 0.0845. The lowest BCUT2D eigenvalue weighted by atomic mass is 10.2. The molecule has 1 aromatic rings. The van der Waals surface area contributed by atoms with Crippen molar-refractivity contribution in [2.24, 2.45) is 0 Å². The highest BCUT2D eigenvalue weighted by atomic mass is 79.9. The molecule has 1 fully saturated rings. The van der Waals surface area contributed by atoms with Gasteiger partial charge in [0, 0.05) is 11.0 Å². The Bertz CT molecular complexity index is 437. The standard InChI is InChI=1S/C12H15BrN2O2/c1-14-9-5-6-15(12(9)16)10-7-8(13)3-4-11(10)17-2/h3-4,7,9,14H,5-6H2,1-2H3. The number of anilines is 1. The molecule has 5 heteroatoms. The normalized spacial score (nSPS) is 19.8. The van der Waals surface area contributed by atoms with Gasteiger partial charge < -0.3 is 15.0 Å². The number of amides is 1. The van der Waals surface area contributed by atoms with Crippen molar-refractivity contribution in [2.45, 2.75) is 12.5 Å². The molecule has 1 unspecified atom stereocenters. The zero-order valence-electron chi connectivity index (χ0n) is 9.87. The van der Waals surface area contributed by atoms with Crippen molar-refractivity contribution in [2.75, 3.05) is 25.6 Å². The molecule has 0 radical (unpaired) electrons. The lowest BCUT2D eigenvalue weighted by molar-refractivity contribution is -0.118. The Morgan fingerprint density at radius 2 is 2.29 bits per heavy atom. The molecule has 0 spiro atoms. The van der Waals surface area contributed by atoms with Crippen molar-refractivity contribution in [1.82, 2.24) is 5.32 Å². The van der Waals surface area contributed by atoms with Crippen molar-refractivity contribution < 1.29 is 9.53 Å². The zero-order valence-corrected chi connectivity index (χ0v) is 11.5. The van der Waals surface area contributed by atoms with E-state index < -0.39 is 0 Å². The first-order valence-electron chi connectivity index (χ1n) is 5.49. The highest BCUT2D eigenvalue weighted by Crippen LogP contribution is 2.33. The van der Waals surface area contributed by atoms with E-state index in [1.54, 1.807) is 12.0 Å². The van der Waals surface area contributed by atoms with Crippen molar-refractivity contribution in [1.29, 1.82) is 0 Å². The van der Waals surface area contributed by atoms with E-state index in [0.29, 0.717) is 0 Å². The molecule has 1 amide bonds. The maximum atomic E-state index is 12.1. The average Bonchev–Trinajstić information content (AvgIpc) is 2.70. The molecule has 1 heterocycles. The van der Waals surface area contributed by atoms with Gasteiger partial charge in [-0.1, -0.05) is 15.9 Å². The van der Waals surface area contributed by atoms with Crippen molar-refractivity contribution in [3.8, 4) is 5.75 Å². The molecule has 0 saturated carbocycles. The van der Waals surface area contributed by atoms with Crippen LogP contribution in [0, 0.1) is 0 Å². The molecule has 2 rings (SSSR count). The second kappa shape index (κ2) is 5.06. The Balaban J connectivity index is 2.34. The van der Waals surface area contributed by atoms with Gasteiger partial charge in [0.1, 0.15) is 5.75 Å². The Hall–Kier alpha value is -1.07. The number of benzene rings is 1. The highest BCUT2D eigenvalue weighted by molar-refractivity contribution is 9.10. The third-order valence-electron chi connectivity index (χ3n) is 2.99. The van der Waals surface area contributed by atoms with Crippen LogP contribution >= 0.6 is 15.9 Å². The summed E-state index contributed by atoms with van der Waals surface area (Å²) in [6.07, 6.45) is 0.824. The van der Waals surface area contributed by atoms with E-state index in [1.165, 1.54) is 0 Å². The topological polar surface area (TPSA) is 41.6 Å². The summed E-state index contributed by atoms with van der Waals surface area (Å²) in [5.41, 5.74) is 0.824. The van der Waals surface area contributed by atoms with Gasteiger partial charge >= 0.3 is 0 Å². The third kappa shape index (κ3) is 2.30. The van der Waals surface area contributed by atoms with E-state index in [1.807, 2.05) is 25.2 Å². The number of hydrogen-bond acceptors (Lipinski definition) is 3. The van der Waals surface area contributed by atoms with Crippen LogP contribution < -0.4 is 15.0 Å². The van der Waals surface area contributed by atoms with Gasteiger partial charge in [-0.25, -0.2) is 0 Å². The number of ether oxygens (including phenoxy) is 1. The lowest BCUT2D eigenvalue weighted by Crippen LogP contribution is -2.36. The van der Waals surface area contributed by atoms with Crippen LogP contribution in [0.3, 0.4) is 0 Å². The van der Waals surface area contributed by atoms with E-state index in [0.717, 1.165) is 28.9 Å². The molecule has 92 valence electrons. The molecular formula is C12H15BrN2O2. The maximum Gasteiger partial charge on any atom is 0.244 e. The number of halogens is 1. The number of methoxy groups -OCH3 is 1. The van der Waals surface area contributed by atoms with Crippen LogP contribution in [-0.4, -0.2) is 32.7 Å². The highest BCUT2D eigenvalue weighted by Gasteiger charge is 2.32. The second-order valence-electron chi connectivity index (χ2n) is 3.94. The lowest BCUT2D eigenvalue weighted by Gasteiger charge is -2.19. The minimum Gasteiger partial charge on any atom is -0.495 e.